The minimum atomic E-state index is -4.54. The fourth-order valence-electron chi connectivity index (χ4n) is 1.02. The first kappa shape index (κ1) is 10.8. The maximum absolute atomic E-state index is 12.2. The molecule has 0 aliphatic heterocycles. The lowest BCUT2D eigenvalue weighted by Crippen LogP contribution is -2.07. The Morgan fingerprint density at radius 3 is 2.36 bits per heavy atom. The third kappa shape index (κ3) is 2.59. The predicted octanol–water partition coefficient (Wildman–Crippen LogP) is 2.39. The minimum Gasteiger partial charge on any atom is -0.508 e. The highest BCUT2D eigenvalue weighted by molar-refractivity contribution is 5.34. The summed E-state index contributed by atoms with van der Waals surface area (Å²) in [5.41, 5.74) is 0.242. The molecule has 14 heavy (non-hydrogen) atoms. The number of aromatic hydroxyl groups is 1. The van der Waals surface area contributed by atoms with E-state index in [0.717, 1.165) is 12.1 Å². The zero-order chi connectivity index (χ0) is 10.8. The van der Waals surface area contributed by atoms with Crippen LogP contribution in [0.15, 0.2) is 18.2 Å². The molecule has 0 saturated carbocycles. The Morgan fingerprint density at radius 2 is 1.86 bits per heavy atom. The first-order valence-corrected chi connectivity index (χ1v) is 3.67. The van der Waals surface area contributed by atoms with Crippen LogP contribution in [0.1, 0.15) is 11.1 Å². The first-order valence-electron chi connectivity index (χ1n) is 3.67. The third-order valence-corrected chi connectivity index (χ3v) is 1.58. The van der Waals surface area contributed by atoms with Crippen molar-refractivity contribution in [2.45, 2.75) is 12.7 Å². The van der Waals surface area contributed by atoms with Crippen molar-refractivity contribution in [3.8, 4) is 5.75 Å². The molecule has 78 valence electrons. The molecule has 0 fully saturated rings. The summed E-state index contributed by atoms with van der Waals surface area (Å²) in [6, 6.07) is 2.41. The molecule has 0 heterocycles. The van der Waals surface area contributed by atoms with E-state index >= 15 is 0 Å². The summed E-state index contributed by atoms with van der Waals surface area (Å²) in [4.78, 5) is 0. The van der Waals surface area contributed by atoms with Crippen molar-refractivity contribution in [3.05, 3.63) is 29.3 Å². The Hall–Kier alpha value is -1.30. The van der Waals surface area contributed by atoms with Gasteiger partial charge in [0.1, 0.15) is 5.75 Å². The van der Waals surface area contributed by atoms with Crippen molar-refractivity contribution in [1.82, 2.24) is 5.54 Å². The van der Waals surface area contributed by atoms with Crippen LogP contribution in [0.2, 0.25) is 0 Å². The van der Waals surface area contributed by atoms with E-state index in [2.05, 4.69) is 0 Å². The molecule has 1 rings (SSSR count). The van der Waals surface area contributed by atoms with Crippen LogP contribution >= 0.6 is 0 Å². The zero-order valence-electron chi connectivity index (χ0n) is 6.90. The Bertz CT molecular complexity index is 324. The lowest BCUT2D eigenvalue weighted by Gasteiger charge is -2.08. The maximum Gasteiger partial charge on any atom is 0.416 e. The van der Waals surface area contributed by atoms with Gasteiger partial charge < -0.3 is 5.11 Å². The number of hydrogen-bond acceptors (Lipinski definition) is 2. The fourth-order valence-corrected chi connectivity index (χ4v) is 1.02. The standard InChI is InChI=1S/C8H7F4NO/c9-8(10,11)6-1-5(4-13-12)2-7(14)3-6/h1-3,13-14H,4H2. The third-order valence-electron chi connectivity index (χ3n) is 1.58. The van der Waals surface area contributed by atoms with Gasteiger partial charge in [-0.15, -0.1) is 4.48 Å². The molecule has 2 N–H and O–H groups in total. The molecule has 0 spiro atoms. The van der Waals surface area contributed by atoms with Gasteiger partial charge >= 0.3 is 6.18 Å². The van der Waals surface area contributed by atoms with E-state index in [9.17, 15) is 17.7 Å². The van der Waals surface area contributed by atoms with Gasteiger partial charge in [-0.1, -0.05) is 0 Å². The van der Waals surface area contributed by atoms with Gasteiger partial charge in [-0.25, -0.2) is 0 Å². The molecular formula is C8H7F4NO. The molecule has 1 aromatic carbocycles. The molecule has 0 atom stereocenters. The average molecular weight is 209 g/mol. The monoisotopic (exact) mass is 209 g/mol. The molecule has 0 aliphatic carbocycles. The first-order chi connectivity index (χ1) is 6.43. The highest BCUT2D eigenvalue weighted by Crippen LogP contribution is 2.32. The van der Waals surface area contributed by atoms with E-state index in [4.69, 9.17) is 5.11 Å². The van der Waals surface area contributed by atoms with Gasteiger partial charge in [-0.2, -0.15) is 18.7 Å². The zero-order valence-corrected chi connectivity index (χ0v) is 6.90. The summed E-state index contributed by atoms with van der Waals surface area (Å²) < 4.78 is 48.1. The second kappa shape index (κ2) is 3.83. The van der Waals surface area contributed by atoms with Crippen molar-refractivity contribution < 1.29 is 22.8 Å². The molecular weight excluding hydrogens is 202 g/mol. The summed E-state index contributed by atoms with van der Waals surface area (Å²) >= 11 is 0. The molecule has 1 aromatic rings. The highest BCUT2D eigenvalue weighted by Gasteiger charge is 2.31. The summed E-state index contributed by atoms with van der Waals surface area (Å²) in [6.07, 6.45) is -4.54. The van der Waals surface area contributed by atoms with E-state index < -0.39 is 17.5 Å². The normalized spacial score (nSPS) is 11.7. The van der Waals surface area contributed by atoms with E-state index in [-0.39, 0.29) is 12.1 Å². The lowest BCUT2D eigenvalue weighted by molar-refractivity contribution is -0.137. The van der Waals surface area contributed by atoms with E-state index in [1.807, 2.05) is 0 Å². The van der Waals surface area contributed by atoms with Gasteiger partial charge in [0.15, 0.2) is 0 Å². The smallest absolute Gasteiger partial charge is 0.416 e. The molecule has 6 heteroatoms. The largest absolute Gasteiger partial charge is 0.508 e. The number of nitrogens with one attached hydrogen (secondary N) is 1. The Kier molecular flexibility index (Phi) is 2.95. The number of halogens is 4. The summed E-state index contributed by atoms with van der Waals surface area (Å²) in [6.45, 7) is -0.378. The lowest BCUT2D eigenvalue weighted by atomic mass is 10.1. The minimum absolute atomic E-state index is 0.0276. The molecule has 0 unspecified atom stereocenters. The van der Waals surface area contributed by atoms with Crippen LogP contribution < -0.4 is 5.54 Å². The number of alkyl halides is 3. The summed E-state index contributed by atoms with van der Waals surface area (Å²) in [7, 11) is 0. The molecule has 0 aromatic heterocycles. The molecule has 0 bridgehead atoms. The Balaban J connectivity index is 3.07. The van der Waals surface area contributed by atoms with E-state index in [0.29, 0.717) is 6.07 Å². The quantitative estimate of drug-likeness (QED) is 0.579. The summed E-state index contributed by atoms with van der Waals surface area (Å²) in [5, 5.41) is 8.93. The van der Waals surface area contributed by atoms with Crippen molar-refractivity contribution >= 4 is 0 Å². The second-order valence-corrected chi connectivity index (χ2v) is 2.70. The number of phenolic OH excluding ortho intramolecular Hbond substituents is 1. The van der Waals surface area contributed by atoms with Gasteiger partial charge in [-0.3, -0.25) is 0 Å². The van der Waals surface area contributed by atoms with E-state index in [1.165, 1.54) is 5.54 Å². The van der Waals surface area contributed by atoms with Crippen LogP contribution in [0.25, 0.3) is 0 Å². The number of phenols is 1. The number of benzene rings is 1. The Labute approximate surface area is 77.1 Å². The van der Waals surface area contributed by atoms with Crippen molar-refractivity contribution in [1.29, 1.82) is 0 Å². The van der Waals surface area contributed by atoms with Crippen LogP contribution in [0.4, 0.5) is 17.7 Å². The maximum atomic E-state index is 12.2. The second-order valence-electron chi connectivity index (χ2n) is 2.70. The molecule has 0 saturated heterocycles. The SMILES string of the molecule is Oc1cc(CNF)cc(C(F)(F)F)c1. The van der Waals surface area contributed by atoms with Gasteiger partial charge in [0, 0.05) is 0 Å². The molecule has 2 nitrogen and oxygen atoms in total. The highest BCUT2D eigenvalue weighted by atomic mass is 19.4. The van der Waals surface area contributed by atoms with Crippen LogP contribution in [0, 0.1) is 0 Å². The summed E-state index contributed by atoms with van der Waals surface area (Å²) in [5.74, 6) is -0.537. The number of rotatable bonds is 2. The topological polar surface area (TPSA) is 32.3 Å². The Morgan fingerprint density at radius 1 is 1.21 bits per heavy atom. The van der Waals surface area contributed by atoms with Crippen molar-refractivity contribution in [2.24, 2.45) is 0 Å². The van der Waals surface area contributed by atoms with Gasteiger partial charge in [-0.05, 0) is 23.8 Å². The van der Waals surface area contributed by atoms with Gasteiger partial charge in [0.05, 0.1) is 12.1 Å². The molecule has 0 amide bonds. The molecule has 0 radical (unpaired) electrons. The van der Waals surface area contributed by atoms with Gasteiger partial charge in [0.25, 0.3) is 0 Å². The van der Waals surface area contributed by atoms with Gasteiger partial charge in [0.2, 0.25) is 0 Å². The van der Waals surface area contributed by atoms with Crippen LogP contribution in [-0.4, -0.2) is 5.11 Å². The van der Waals surface area contributed by atoms with Crippen molar-refractivity contribution in [2.75, 3.05) is 0 Å². The molecule has 0 aliphatic rings. The fraction of sp³-hybridized carbons (Fsp3) is 0.250. The van der Waals surface area contributed by atoms with E-state index in [1.54, 1.807) is 0 Å². The van der Waals surface area contributed by atoms with Crippen LogP contribution in [0.3, 0.4) is 0 Å². The van der Waals surface area contributed by atoms with Crippen molar-refractivity contribution in [3.63, 3.8) is 0 Å². The van der Waals surface area contributed by atoms with Crippen LogP contribution in [-0.2, 0) is 12.7 Å². The average Bonchev–Trinajstić information content (AvgIpc) is 2.02. The number of hydrogen-bond donors (Lipinski definition) is 2. The van der Waals surface area contributed by atoms with Crippen LogP contribution in [0.5, 0.6) is 5.75 Å². The predicted molar refractivity (Wildman–Crippen MR) is 41.1 cm³/mol.